The molecule has 1 aromatic heterocycles. The summed E-state index contributed by atoms with van der Waals surface area (Å²) in [6.45, 7) is 4.48. The normalized spacial score (nSPS) is 23.6. The van der Waals surface area contributed by atoms with Gasteiger partial charge in [-0.15, -0.1) is 0 Å². The Balaban J connectivity index is 1.79. The maximum atomic E-state index is 9.53. The molecule has 3 N–H and O–H groups in total. The molecule has 6 nitrogen and oxygen atoms in total. The van der Waals surface area contributed by atoms with Crippen LogP contribution in [0.15, 0.2) is 23.7 Å². The van der Waals surface area contributed by atoms with E-state index in [0.717, 1.165) is 51.3 Å². The number of aliphatic imine (C=N–C) groups is 1. The Morgan fingerprint density at radius 2 is 2.20 bits per heavy atom. The van der Waals surface area contributed by atoms with Crippen LogP contribution in [0.1, 0.15) is 32.6 Å². The number of rotatable bonds is 5. The molecule has 0 unspecified atom stereocenters. The van der Waals surface area contributed by atoms with E-state index in [9.17, 15) is 5.11 Å². The third-order valence-corrected chi connectivity index (χ3v) is 3.57. The number of guanidine groups is 1. The number of hydrogen-bond acceptors (Lipinski definition) is 3. The summed E-state index contributed by atoms with van der Waals surface area (Å²) in [4.78, 5) is 8.60. The first-order chi connectivity index (χ1) is 9.78. The van der Waals surface area contributed by atoms with Crippen LogP contribution in [0.25, 0.3) is 0 Å². The molecule has 0 aromatic carbocycles. The molecule has 0 spiro atoms. The molecule has 2 rings (SSSR count). The molecule has 0 bridgehead atoms. The molecule has 0 saturated heterocycles. The Hall–Kier alpha value is -1.56. The van der Waals surface area contributed by atoms with E-state index >= 15 is 0 Å². The molecule has 112 valence electrons. The van der Waals surface area contributed by atoms with Gasteiger partial charge in [-0.05, 0) is 32.6 Å². The zero-order valence-corrected chi connectivity index (χ0v) is 12.1. The van der Waals surface area contributed by atoms with E-state index < -0.39 is 0 Å². The number of aliphatic hydroxyl groups excluding tert-OH is 1. The second-order valence-corrected chi connectivity index (χ2v) is 5.21. The van der Waals surface area contributed by atoms with Crippen LogP contribution in [0.2, 0.25) is 0 Å². The molecule has 1 aromatic rings. The van der Waals surface area contributed by atoms with E-state index in [1.54, 1.807) is 12.5 Å². The molecule has 0 amide bonds. The summed E-state index contributed by atoms with van der Waals surface area (Å²) in [6, 6.07) is 0.421. The quantitative estimate of drug-likeness (QED) is 0.549. The van der Waals surface area contributed by atoms with Crippen molar-refractivity contribution in [2.45, 2.75) is 51.3 Å². The summed E-state index contributed by atoms with van der Waals surface area (Å²) >= 11 is 0. The molecule has 0 atom stereocenters. The number of nitrogens with zero attached hydrogens (tertiary/aromatic N) is 3. The Morgan fingerprint density at radius 3 is 2.85 bits per heavy atom. The highest BCUT2D eigenvalue weighted by molar-refractivity contribution is 5.80. The van der Waals surface area contributed by atoms with Gasteiger partial charge in [0.25, 0.3) is 0 Å². The summed E-state index contributed by atoms with van der Waals surface area (Å²) in [7, 11) is 0. The molecule has 1 aliphatic rings. The molecule has 1 saturated carbocycles. The fourth-order valence-corrected chi connectivity index (χ4v) is 2.43. The van der Waals surface area contributed by atoms with E-state index in [1.807, 2.05) is 10.8 Å². The molecule has 20 heavy (non-hydrogen) atoms. The number of nitrogens with one attached hydrogen (secondary N) is 2. The van der Waals surface area contributed by atoms with Crippen molar-refractivity contribution < 1.29 is 5.11 Å². The topological polar surface area (TPSA) is 74.5 Å². The minimum atomic E-state index is -0.117. The van der Waals surface area contributed by atoms with Gasteiger partial charge in [0, 0.05) is 31.5 Å². The third-order valence-electron chi connectivity index (χ3n) is 3.57. The summed E-state index contributed by atoms with van der Waals surface area (Å²) in [6.07, 6.45) is 9.18. The summed E-state index contributed by atoms with van der Waals surface area (Å²) in [5.74, 6) is 0.869. The van der Waals surface area contributed by atoms with Crippen molar-refractivity contribution in [3.63, 3.8) is 0 Å². The lowest BCUT2D eigenvalue weighted by Gasteiger charge is -2.27. The van der Waals surface area contributed by atoms with Crippen molar-refractivity contribution in [2.24, 2.45) is 4.99 Å². The molecule has 1 fully saturated rings. The van der Waals surface area contributed by atoms with Gasteiger partial charge in [0.2, 0.25) is 0 Å². The van der Waals surface area contributed by atoms with Crippen molar-refractivity contribution in [3.8, 4) is 0 Å². The lowest BCUT2D eigenvalue weighted by atomic mass is 9.93. The van der Waals surface area contributed by atoms with Gasteiger partial charge in [-0.1, -0.05) is 0 Å². The van der Waals surface area contributed by atoms with Crippen molar-refractivity contribution in [3.05, 3.63) is 18.7 Å². The second-order valence-electron chi connectivity index (χ2n) is 5.21. The van der Waals surface area contributed by atoms with Crippen LogP contribution in [0.3, 0.4) is 0 Å². The molecule has 6 heteroatoms. The highest BCUT2D eigenvalue weighted by Crippen LogP contribution is 2.18. The van der Waals surface area contributed by atoms with E-state index in [2.05, 4.69) is 27.5 Å². The van der Waals surface area contributed by atoms with Crippen LogP contribution >= 0.6 is 0 Å². The van der Waals surface area contributed by atoms with Crippen LogP contribution in [0.4, 0.5) is 0 Å². The number of aromatic nitrogens is 2. The third kappa shape index (κ3) is 4.85. The smallest absolute Gasteiger partial charge is 0.191 e. The zero-order valence-electron chi connectivity index (χ0n) is 12.1. The lowest BCUT2D eigenvalue weighted by molar-refractivity contribution is 0.120. The minimum absolute atomic E-state index is 0.117. The van der Waals surface area contributed by atoms with E-state index in [-0.39, 0.29) is 6.10 Å². The van der Waals surface area contributed by atoms with Crippen LogP contribution < -0.4 is 10.6 Å². The van der Waals surface area contributed by atoms with Crippen molar-refractivity contribution in [1.82, 2.24) is 20.2 Å². The Morgan fingerprint density at radius 1 is 1.40 bits per heavy atom. The molecule has 1 heterocycles. The standard InChI is InChI=1S/C14H25N5O/c1-2-16-14(17-8-10-19-9-7-15-11-19)18-12-3-5-13(20)6-4-12/h7,9,11-13,20H,2-6,8,10H2,1H3,(H2,16,17,18). The fourth-order valence-electron chi connectivity index (χ4n) is 2.43. The van der Waals surface area contributed by atoms with Gasteiger partial charge in [-0.2, -0.15) is 0 Å². The van der Waals surface area contributed by atoms with Gasteiger partial charge in [0.1, 0.15) is 0 Å². The molecule has 0 radical (unpaired) electrons. The largest absolute Gasteiger partial charge is 0.393 e. The van der Waals surface area contributed by atoms with Crippen LogP contribution in [0, 0.1) is 0 Å². The van der Waals surface area contributed by atoms with E-state index in [1.165, 1.54) is 0 Å². The van der Waals surface area contributed by atoms with Gasteiger partial charge in [0.05, 0.1) is 19.0 Å². The fraction of sp³-hybridized carbons (Fsp3) is 0.714. The highest BCUT2D eigenvalue weighted by Gasteiger charge is 2.19. The maximum absolute atomic E-state index is 9.53. The summed E-state index contributed by atoms with van der Waals surface area (Å²) in [5.41, 5.74) is 0. The predicted molar refractivity (Wildman–Crippen MR) is 79.6 cm³/mol. The van der Waals surface area contributed by atoms with Crippen LogP contribution in [-0.2, 0) is 6.54 Å². The first-order valence-electron chi connectivity index (χ1n) is 7.46. The number of aliphatic hydroxyl groups is 1. The van der Waals surface area contributed by atoms with Crippen molar-refractivity contribution in [1.29, 1.82) is 0 Å². The first-order valence-corrected chi connectivity index (χ1v) is 7.46. The Bertz CT molecular complexity index is 396. The number of imidazole rings is 1. The van der Waals surface area contributed by atoms with Crippen molar-refractivity contribution >= 4 is 5.96 Å². The van der Waals surface area contributed by atoms with Gasteiger partial charge < -0.3 is 20.3 Å². The Labute approximate surface area is 120 Å². The zero-order chi connectivity index (χ0) is 14.2. The maximum Gasteiger partial charge on any atom is 0.191 e. The molecule has 0 aliphatic heterocycles. The highest BCUT2D eigenvalue weighted by atomic mass is 16.3. The monoisotopic (exact) mass is 279 g/mol. The van der Waals surface area contributed by atoms with Gasteiger partial charge in [0.15, 0.2) is 5.96 Å². The minimum Gasteiger partial charge on any atom is -0.393 e. The van der Waals surface area contributed by atoms with Gasteiger partial charge in [-0.25, -0.2) is 4.98 Å². The van der Waals surface area contributed by atoms with Gasteiger partial charge >= 0.3 is 0 Å². The SMILES string of the molecule is CCNC(=NCCn1ccnc1)NC1CCC(O)CC1. The van der Waals surface area contributed by atoms with Crippen LogP contribution in [-0.4, -0.2) is 45.9 Å². The van der Waals surface area contributed by atoms with E-state index in [4.69, 9.17) is 0 Å². The first kappa shape index (κ1) is 14.8. The predicted octanol–water partition coefficient (Wildman–Crippen LogP) is 0.742. The Kier molecular flexibility index (Phi) is 5.86. The van der Waals surface area contributed by atoms with Gasteiger partial charge in [-0.3, -0.25) is 4.99 Å². The average Bonchev–Trinajstić information content (AvgIpc) is 2.95. The second kappa shape index (κ2) is 7.89. The summed E-state index contributed by atoms with van der Waals surface area (Å²) < 4.78 is 2.02. The number of hydrogen-bond donors (Lipinski definition) is 3. The average molecular weight is 279 g/mol. The lowest BCUT2D eigenvalue weighted by Crippen LogP contribution is -2.45. The van der Waals surface area contributed by atoms with Crippen LogP contribution in [0.5, 0.6) is 0 Å². The van der Waals surface area contributed by atoms with E-state index in [0.29, 0.717) is 6.04 Å². The summed E-state index contributed by atoms with van der Waals surface area (Å²) in [5, 5.41) is 16.3. The van der Waals surface area contributed by atoms with Crippen molar-refractivity contribution in [2.75, 3.05) is 13.1 Å². The molecular formula is C14H25N5O. The molecular weight excluding hydrogens is 254 g/mol. The molecule has 1 aliphatic carbocycles.